The maximum absolute atomic E-state index is 6.48. The molecule has 0 bridgehead atoms. The molecule has 0 spiro atoms. The van der Waals surface area contributed by atoms with E-state index in [-0.39, 0.29) is 6.04 Å². The lowest BCUT2D eigenvalue weighted by Crippen LogP contribution is -2.36. The SMILES string of the molecule is Clc1ccccc1C1c2nc[nH]c2CCN1Cc1cccnc1. The van der Waals surface area contributed by atoms with Crippen LogP contribution < -0.4 is 0 Å². The fraction of sp³-hybridized carbons (Fsp3) is 0.222. The molecule has 0 saturated heterocycles. The first kappa shape index (κ1) is 14.4. The van der Waals surface area contributed by atoms with E-state index in [1.54, 1.807) is 12.5 Å². The quantitative estimate of drug-likeness (QED) is 0.800. The fourth-order valence-corrected chi connectivity index (χ4v) is 3.50. The molecule has 23 heavy (non-hydrogen) atoms. The van der Waals surface area contributed by atoms with Crippen molar-refractivity contribution in [3.8, 4) is 0 Å². The summed E-state index contributed by atoms with van der Waals surface area (Å²) in [7, 11) is 0. The first-order valence-corrected chi connectivity index (χ1v) is 8.10. The van der Waals surface area contributed by atoms with Gasteiger partial charge in [-0.1, -0.05) is 35.9 Å². The Hall–Kier alpha value is -2.17. The van der Waals surface area contributed by atoms with Crippen molar-refractivity contribution < 1.29 is 0 Å². The standard InChI is InChI=1S/C18H17ClN4/c19-15-6-2-1-5-14(15)18-17-16(21-12-22-17)7-9-23(18)11-13-4-3-8-20-10-13/h1-6,8,10,12,18H,7,9,11H2,(H,21,22). The van der Waals surface area contributed by atoms with E-state index in [1.165, 1.54) is 11.3 Å². The van der Waals surface area contributed by atoms with Crippen molar-refractivity contribution in [1.29, 1.82) is 0 Å². The average Bonchev–Trinajstić information content (AvgIpc) is 3.05. The van der Waals surface area contributed by atoms with Crippen LogP contribution >= 0.6 is 11.6 Å². The smallest absolute Gasteiger partial charge is 0.0926 e. The minimum Gasteiger partial charge on any atom is -0.348 e. The van der Waals surface area contributed by atoms with Gasteiger partial charge in [-0.25, -0.2) is 4.98 Å². The predicted octanol–water partition coefficient (Wildman–Crippen LogP) is 3.61. The van der Waals surface area contributed by atoms with E-state index in [2.05, 4.69) is 32.0 Å². The molecule has 1 aromatic carbocycles. The van der Waals surface area contributed by atoms with Gasteiger partial charge in [-0.05, 0) is 23.3 Å². The number of benzene rings is 1. The number of aromatic amines is 1. The van der Waals surface area contributed by atoms with E-state index in [0.717, 1.165) is 35.8 Å². The Morgan fingerprint density at radius 2 is 2.13 bits per heavy atom. The molecule has 0 saturated carbocycles. The molecule has 0 aliphatic carbocycles. The van der Waals surface area contributed by atoms with Gasteiger partial charge in [0.1, 0.15) is 0 Å². The lowest BCUT2D eigenvalue weighted by Gasteiger charge is -2.35. The van der Waals surface area contributed by atoms with Gasteiger partial charge < -0.3 is 4.98 Å². The zero-order chi connectivity index (χ0) is 15.6. The number of fused-ring (bicyclic) bond motifs is 1. The van der Waals surface area contributed by atoms with Crippen molar-refractivity contribution in [1.82, 2.24) is 19.9 Å². The number of nitrogens with zero attached hydrogens (tertiary/aromatic N) is 3. The number of rotatable bonds is 3. The average molecular weight is 325 g/mol. The molecule has 0 amide bonds. The molecule has 1 unspecified atom stereocenters. The molecule has 2 aromatic heterocycles. The Morgan fingerprint density at radius 1 is 1.22 bits per heavy atom. The molecular weight excluding hydrogens is 308 g/mol. The van der Waals surface area contributed by atoms with E-state index < -0.39 is 0 Å². The Labute approximate surface area is 140 Å². The zero-order valence-corrected chi connectivity index (χ0v) is 13.4. The van der Waals surface area contributed by atoms with Gasteiger partial charge in [0.25, 0.3) is 0 Å². The number of nitrogens with one attached hydrogen (secondary N) is 1. The summed E-state index contributed by atoms with van der Waals surface area (Å²) in [6.07, 6.45) is 6.47. The van der Waals surface area contributed by atoms with Crippen LogP contribution in [0.25, 0.3) is 0 Å². The second-order valence-electron chi connectivity index (χ2n) is 5.77. The first-order chi connectivity index (χ1) is 11.3. The fourth-order valence-electron chi connectivity index (χ4n) is 3.26. The van der Waals surface area contributed by atoms with E-state index in [1.807, 2.05) is 30.5 Å². The van der Waals surface area contributed by atoms with Crippen molar-refractivity contribution >= 4 is 11.6 Å². The Balaban J connectivity index is 1.75. The van der Waals surface area contributed by atoms with Crippen molar-refractivity contribution in [2.24, 2.45) is 0 Å². The lowest BCUT2D eigenvalue weighted by atomic mass is 9.95. The first-order valence-electron chi connectivity index (χ1n) is 7.72. The topological polar surface area (TPSA) is 44.8 Å². The highest BCUT2D eigenvalue weighted by atomic mass is 35.5. The van der Waals surface area contributed by atoms with Gasteiger partial charge in [-0.15, -0.1) is 0 Å². The molecule has 0 fully saturated rings. The monoisotopic (exact) mass is 324 g/mol. The van der Waals surface area contributed by atoms with E-state index in [4.69, 9.17) is 11.6 Å². The Kier molecular flexibility index (Phi) is 3.85. The predicted molar refractivity (Wildman–Crippen MR) is 90.2 cm³/mol. The largest absolute Gasteiger partial charge is 0.348 e. The maximum Gasteiger partial charge on any atom is 0.0926 e. The minimum absolute atomic E-state index is 0.0684. The van der Waals surface area contributed by atoms with E-state index in [9.17, 15) is 0 Å². The molecule has 0 radical (unpaired) electrons. The van der Waals surface area contributed by atoms with Gasteiger partial charge in [-0.3, -0.25) is 9.88 Å². The number of imidazole rings is 1. The van der Waals surface area contributed by atoms with Gasteiger partial charge in [0, 0.05) is 42.6 Å². The summed E-state index contributed by atoms with van der Waals surface area (Å²) >= 11 is 6.48. The molecule has 5 heteroatoms. The van der Waals surface area contributed by atoms with Crippen LogP contribution in [-0.2, 0) is 13.0 Å². The summed E-state index contributed by atoms with van der Waals surface area (Å²) in [6, 6.07) is 12.2. The number of aromatic nitrogens is 3. The maximum atomic E-state index is 6.48. The van der Waals surface area contributed by atoms with Gasteiger partial charge in [0.15, 0.2) is 0 Å². The van der Waals surface area contributed by atoms with Crippen LogP contribution in [0.15, 0.2) is 55.1 Å². The minimum atomic E-state index is 0.0684. The van der Waals surface area contributed by atoms with Crippen LogP contribution in [0.2, 0.25) is 5.02 Å². The molecule has 116 valence electrons. The third kappa shape index (κ3) is 2.76. The number of hydrogen-bond donors (Lipinski definition) is 1. The summed E-state index contributed by atoms with van der Waals surface area (Å²) in [4.78, 5) is 14.5. The Morgan fingerprint density at radius 3 is 2.96 bits per heavy atom. The number of pyridine rings is 1. The van der Waals surface area contributed by atoms with E-state index >= 15 is 0 Å². The third-order valence-corrected chi connectivity index (χ3v) is 4.68. The van der Waals surface area contributed by atoms with Crippen molar-refractivity contribution in [2.75, 3.05) is 6.54 Å². The summed E-state index contributed by atoms with van der Waals surface area (Å²) in [5.41, 5.74) is 4.58. The number of hydrogen-bond acceptors (Lipinski definition) is 3. The molecule has 1 aliphatic heterocycles. The molecule has 1 N–H and O–H groups in total. The van der Waals surface area contributed by atoms with Gasteiger partial charge in [0.2, 0.25) is 0 Å². The third-order valence-electron chi connectivity index (χ3n) is 4.33. The normalized spacial score (nSPS) is 17.9. The van der Waals surface area contributed by atoms with Crippen LogP contribution in [0.3, 0.4) is 0 Å². The highest BCUT2D eigenvalue weighted by Gasteiger charge is 2.32. The summed E-state index contributed by atoms with van der Waals surface area (Å²) in [6.45, 7) is 1.79. The molecule has 1 aliphatic rings. The summed E-state index contributed by atoms with van der Waals surface area (Å²) < 4.78 is 0. The van der Waals surface area contributed by atoms with Crippen molar-refractivity contribution in [2.45, 2.75) is 19.0 Å². The highest BCUT2D eigenvalue weighted by molar-refractivity contribution is 6.31. The van der Waals surface area contributed by atoms with Crippen molar-refractivity contribution in [3.63, 3.8) is 0 Å². The second kappa shape index (κ2) is 6.14. The second-order valence-corrected chi connectivity index (χ2v) is 6.18. The van der Waals surface area contributed by atoms with Crippen molar-refractivity contribution in [3.05, 3.63) is 82.7 Å². The van der Waals surface area contributed by atoms with Crippen LogP contribution in [0.4, 0.5) is 0 Å². The van der Waals surface area contributed by atoms with Crippen LogP contribution in [-0.4, -0.2) is 26.4 Å². The van der Waals surface area contributed by atoms with Gasteiger partial charge in [-0.2, -0.15) is 0 Å². The molecular formula is C18H17ClN4. The van der Waals surface area contributed by atoms with Gasteiger partial charge in [0.05, 0.1) is 18.1 Å². The van der Waals surface area contributed by atoms with Crippen LogP contribution in [0, 0.1) is 0 Å². The molecule has 4 nitrogen and oxygen atoms in total. The highest BCUT2D eigenvalue weighted by Crippen LogP contribution is 2.37. The molecule has 4 rings (SSSR count). The molecule has 3 aromatic rings. The zero-order valence-electron chi connectivity index (χ0n) is 12.6. The molecule has 3 heterocycles. The number of H-pyrrole nitrogens is 1. The number of halogens is 1. The Bertz CT molecular complexity index is 800. The van der Waals surface area contributed by atoms with Crippen LogP contribution in [0.1, 0.15) is 28.6 Å². The van der Waals surface area contributed by atoms with Gasteiger partial charge >= 0.3 is 0 Å². The van der Waals surface area contributed by atoms with Crippen LogP contribution in [0.5, 0.6) is 0 Å². The summed E-state index contributed by atoms with van der Waals surface area (Å²) in [5, 5.41) is 0.782. The lowest BCUT2D eigenvalue weighted by molar-refractivity contribution is 0.200. The summed E-state index contributed by atoms with van der Waals surface area (Å²) in [5.74, 6) is 0. The van der Waals surface area contributed by atoms with E-state index in [0.29, 0.717) is 0 Å². The molecule has 1 atom stereocenters.